The van der Waals surface area contributed by atoms with Crippen molar-refractivity contribution in [1.29, 1.82) is 0 Å². The van der Waals surface area contributed by atoms with Crippen molar-refractivity contribution in [2.24, 2.45) is 0 Å². The number of amides is 2. The van der Waals surface area contributed by atoms with Crippen molar-refractivity contribution >= 4 is 29.0 Å². The highest BCUT2D eigenvalue weighted by atomic mass is 35.5. The first-order chi connectivity index (χ1) is 12.6. The number of nitrogens with zero attached hydrogens (tertiary/aromatic N) is 1. The first-order valence-electron chi connectivity index (χ1n) is 8.09. The summed E-state index contributed by atoms with van der Waals surface area (Å²) >= 11 is 6.20. The van der Waals surface area contributed by atoms with Crippen LogP contribution < -0.4 is 9.47 Å². The molecule has 0 spiro atoms. The van der Waals surface area contributed by atoms with E-state index in [9.17, 15) is 9.59 Å². The maximum absolute atomic E-state index is 12.8. The molecule has 0 N–H and O–H groups in total. The van der Waals surface area contributed by atoms with Crippen molar-refractivity contribution < 1.29 is 19.1 Å². The molecule has 3 rings (SSSR count). The van der Waals surface area contributed by atoms with Gasteiger partial charge in [0.25, 0.3) is 11.8 Å². The van der Waals surface area contributed by atoms with E-state index in [4.69, 9.17) is 21.1 Å². The zero-order valence-electron chi connectivity index (χ0n) is 14.5. The highest BCUT2D eigenvalue weighted by Gasteiger charge is 2.38. The Kier molecular flexibility index (Phi) is 5.28. The van der Waals surface area contributed by atoms with Crippen molar-refractivity contribution in [2.45, 2.75) is 6.42 Å². The lowest BCUT2D eigenvalue weighted by Gasteiger charge is -2.15. The zero-order chi connectivity index (χ0) is 18.7. The Morgan fingerprint density at radius 2 is 1.62 bits per heavy atom. The van der Waals surface area contributed by atoms with Crippen LogP contribution in [0, 0.1) is 0 Å². The molecule has 2 aromatic carbocycles. The van der Waals surface area contributed by atoms with E-state index < -0.39 is 11.8 Å². The summed E-state index contributed by atoms with van der Waals surface area (Å²) in [7, 11) is 3.11. The van der Waals surface area contributed by atoms with E-state index in [1.54, 1.807) is 31.4 Å². The molecule has 1 heterocycles. The summed E-state index contributed by atoms with van der Waals surface area (Å²) < 4.78 is 10.4. The van der Waals surface area contributed by atoms with Crippen molar-refractivity contribution in [3.63, 3.8) is 0 Å². The molecule has 0 bridgehead atoms. The number of carbonyl (C=O) groups is 2. The lowest BCUT2D eigenvalue weighted by atomic mass is 10.0. The second kappa shape index (κ2) is 7.62. The zero-order valence-corrected chi connectivity index (χ0v) is 15.2. The first kappa shape index (κ1) is 18.0. The SMILES string of the molecule is COc1ccc(CCN2C(=O)C(Cl)=C(c3ccccc3OC)C2=O)cc1. The van der Waals surface area contributed by atoms with Crippen molar-refractivity contribution in [1.82, 2.24) is 4.90 Å². The third kappa shape index (κ3) is 3.30. The quantitative estimate of drug-likeness (QED) is 0.731. The summed E-state index contributed by atoms with van der Waals surface area (Å²) in [4.78, 5) is 26.5. The average Bonchev–Trinajstić information content (AvgIpc) is 2.89. The molecule has 134 valence electrons. The molecule has 0 saturated heterocycles. The van der Waals surface area contributed by atoms with Gasteiger partial charge >= 0.3 is 0 Å². The molecule has 0 fully saturated rings. The largest absolute Gasteiger partial charge is 0.497 e. The Hall–Kier alpha value is -2.79. The molecule has 6 heteroatoms. The lowest BCUT2D eigenvalue weighted by Crippen LogP contribution is -2.33. The van der Waals surface area contributed by atoms with Crippen LogP contribution in [0.15, 0.2) is 53.6 Å². The fourth-order valence-electron chi connectivity index (χ4n) is 2.87. The van der Waals surface area contributed by atoms with Gasteiger partial charge in [0.05, 0.1) is 19.8 Å². The molecule has 0 atom stereocenters. The van der Waals surface area contributed by atoms with E-state index >= 15 is 0 Å². The summed E-state index contributed by atoms with van der Waals surface area (Å²) in [5.74, 6) is 0.369. The van der Waals surface area contributed by atoms with E-state index in [1.807, 2.05) is 24.3 Å². The molecule has 1 aliphatic heterocycles. The Labute approximate surface area is 156 Å². The molecular weight excluding hydrogens is 354 g/mol. The molecule has 0 saturated carbocycles. The predicted molar refractivity (Wildman–Crippen MR) is 99.2 cm³/mol. The lowest BCUT2D eigenvalue weighted by molar-refractivity contribution is -0.136. The van der Waals surface area contributed by atoms with Gasteiger partial charge in [0.1, 0.15) is 16.5 Å². The maximum Gasteiger partial charge on any atom is 0.273 e. The molecule has 5 nitrogen and oxygen atoms in total. The first-order valence-corrected chi connectivity index (χ1v) is 8.47. The summed E-state index contributed by atoms with van der Waals surface area (Å²) in [6.45, 7) is 0.249. The smallest absolute Gasteiger partial charge is 0.273 e. The minimum atomic E-state index is -0.480. The van der Waals surface area contributed by atoms with Gasteiger partial charge in [-0.1, -0.05) is 41.9 Å². The Morgan fingerprint density at radius 1 is 0.923 bits per heavy atom. The third-order valence-corrected chi connectivity index (χ3v) is 4.62. The van der Waals surface area contributed by atoms with Gasteiger partial charge in [-0.25, -0.2) is 0 Å². The normalized spacial score (nSPS) is 14.2. The highest BCUT2D eigenvalue weighted by molar-refractivity contribution is 6.55. The van der Waals surface area contributed by atoms with Gasteiger partial charge in [0, 0.05) is 12.1 Å². The number of ether oxygens (including phenoxy) is 2. The predicted octanol–water partition coefficient (Wildman–Crippen LogP) is 3.27. The summed E-state index contributed by atoms with van der Waals surface area (Å²) in [6, 6.07) is 14.5. The van der Waals surface area contributed by atoms with Gasteiger partial charge in [0.15, 0.2) is 0 Å². The second-order valence-electron chi connectivity index (χ2n) is 5.75. The molecule has 0 radical (unpaired) electrons. The molecule has 1 aliphatic rings. The van der Waals surface area contributed by atoms with Crippen LogP contribution in [0.25, 0.3) is 5.57 Å². The molecule has 0 unspecified atom stereocenters. The van der Waals surface area contributed by atoms with E-state index in [2.05, 4.69) is 0 Å². The molecule has 0 aliphatic carbocycles. The minimum Gasteiger partial charge on any atom is -0.497 e. The van der Waals surface area contributed by atoms with Crippen LogP contribution in [0.4, 0.5) is 0 Å². The van der Waals surface area contributed by atoms with Crippen LogP contribution in [0.2, 0.25) is 0 Å². The van der Waals surface area contributed by atoms with Crippen LogP contribution in [0.1, 0.15) is 11.1 Å². The molecular formula is C20H18ClNO4. The molecule has 26 heavy (non-hydrogen) atoms. The van der Waals surface area contributed by atoms with Gasteiger partial charge in [-0.05, 0) is 30.2 Å². The fourth-order valence-corrected chi connectivity index (χ4v) is 3.15. The number of imide groups is 1. The summed E-state index contributed by atoms with van der Waals surface area (Å²) in [6.07, 6.45) is 0.533. The maximum atomic E-state index is 12.8. The number of hydrogen-bond acceptors (Lipinski definition) is 4. The van der Waals surface area contributed by atoms with Crippen molar-refractivity contribution in [3.8, 4) is 11.5 Å². The molecule has 2 aromatic rings. The van der Waals surface area contributed by atoms with Gasteiger partial charge < -0.3 is 9.47 Å². The molecule has 2 amide bonds. The highest BCUT2D eigenvalue weighted by Crippen LogP contribution is 2.36. The van der Waals surface area contributed by atoms with E-state index in [1.165, 1.54) is 12.0 Å². The number of benzene rings is 2. The number of rotatable bonds is 6. The van der Waals surface area contributed by atoms with Crippen molar-refractivity contribution in [3.05, 3.63) is 64.7 Å². The van der Waals surface area contributed by atoms with Gasteiger partial charge in [-0.2, -0.15) is 0 Å². The van der Waals surface area contributed by atoms with E-state index in [0.717, 1.165) is 11.3 Å². The van der Waals surface area contributed by atoms with Crippen LogP contribution in [0.3, 0.4) is 0 Å². The molecule has 0 aromatic heterocycles. The average molecular weight is 372 g/mol. The van der Waals surface area contributed by atoms with Crippen molar-refractivity contribution in [2.75, 3.05) is 20.8 Å². The second-order valence-corrected chi connectivity index (χ2v) is 6.13. The van der Waals surface area contributed by atoms with Gasteiger partial charge in [0.2, 0.25) is 0 Å². The van der Waals surface area contributed by atoms with Gasteiger partial charge in [-0.15, -0.1) is 0 Å². The topological polar surface area (TPSA) is 55.8 Å². The number of halogens is 1. The monoisotopic (exact) mass is 371 g/mol. The third-order valence-electron chi connectivity index (χ3n) is 4.27. The Balaban J connectivity index is 1.79. The van der Waals surface area contributed by atoms with Crippen LogP contribution >= 0.6 is 11.6 Å². The van der Waals surface area contributed by atoms with E-state index in [-0.39, 0.29) is 17.2 Å². The fraction of sp³-hybridized carbons (Fsp3) is 0.200. The standard InChI is InChI=1S/C20H18ClNO4/c1-25-14-9-7-13(8-10-14)11-12-22-19(23)17(18(21)20(22)24)15-5-3-4-6-16(15)26-2/h3-10H,11-12H2,1-2H3. The van der Waals surface area contributed by atoms with E-state index in [0.29, 0.717) is 17.7 Å². The van der Waals surface area contributed by atoms with Gasteiger partial charge in [-0.3, -0.25) is 14.5 Å². The number of carbonyl (C=O) groups excluding carboxylic acids is 2. The Bertz CT molecular complexity index is 874. The van der Waals surface area contributed by atoms with Crippen LogP contribution in [-0.4, -0.2) is 37.5 Å². The van der Waals surface area contributed by atoms with Crippen LogP contribution in [-0.2, 0) is 16.0 Å². The van der Waals surface area contributed by atoms with Crippen LogP contribution in [0.5, 0.6) is 11.5 Å². The number of methoxy groups -OCH3 is 2. The number of para-hydroxylation sites is 1. The summed E-state index contributed by atoms with van der Waals surface area (Å²) in [5.41, 5.74) is 1.70. The minimum absolute atomic E-state index is 0.0748. The Morgan fingerprint density at radius 3 is 2.27 bits per heavy atom. The summed E-state index contributed by atoms with van der Waals surface area (Å²) in [5, 5.41) is -0.0748. The number of hydrogen-bond donors (Lipinski definition) is 0.